The minimum atomic E-state index is 0.595. The fraction of sp³-hybridized carbons (Fsp3) is 0.263. The SMILES string of the molecule is ClCC/C=C(/c1ccccc1)C1Cc2ccccc2C1. The van der Waals surface area contributed by atoms with Crippen LogP contribution in [0.1, 0.15) is 23.1 Å². The Hall–Kier alpha value is -1.53. The van der Waals surface area contributed by atoms with Gasteiger partial charge in [0.05, 0.1) is 0 Å². The first-order chi connectivity index (χ1) is 9.88. The molecule has 0 bridgehead atoms. The molecule has 0 fully saturated rings. The smallest absolute Gasteiger partial charge is 0.0258 e. The molecule has 0 amide bonds. The highest BCUT2D eigenvalue weighted by Crippen LogP contribution is 2.36. The number of benzene rings is 2. The highest BCUT2D eigenvalue weighted by Gasteiger charge is 2.24. The monoisotopic (exact) mass is 282 g/mol. The van der Waals surface area contributed by atoms with Crippen molar-refractivity contribution in [1.82, 2.24) is 0 Å². The molecule has 0 aromatic heterocycles. The maximum Gasteiger partial charge on any atom is 0.0258 e. The van der Waals surface area contributed by atoms with Crippen molar-refractivity contribution in [1.29, 1.82) is 0 Å². The van der Waals surface area contributed by atoms with Crippen LogP contribution < -0.4 is 0 Å². The molecule has 0 saturated carbocycles. The zero-order chi connectivity index (χ0) is 13.8. The van der Waals surface area contributed by atoms with Gasteiger partial charge in [-0.25, -0.2) is 0 Å². The van der Waals surface area contributed by atoms with Crippen LogP contribution in [0.15, 0.2) is 60.7 Å². The Bertz CT molecular complexity index is 573. The van der Waals surface area contributed by atoms with Gasteiger partial charge in [0.15, 0.2) is 0 Å². The van der Waals surface area contributed by atoms with Crippen molar-refractivity contribution in [3.63, 3.8) is 0 Å². The lowest BCUT2D eigenvalue weighted by Crippen LogP contribution is -2.03. The molecule has 102 valence electrons. The van der Waals surface area contributed by atoms with Crippen molar-refractivity contribution in [2.24, 2.45) is 5.92 Å². The van der Waals surface area contributed by atoms with Gasteiger partial charge in [0.25, 0.3) is 0 Å². The molecule has 2 aromatic carbocycles. The van der Waals surface area contributed by atoms with E-state index >= 15 is 0 Å². The minimum Gasteiger partial charge on any atom is -0.126 e. The summed E-state index contributed by atoms with van der Waals surface area (Å²) in [6, 6.07) is 19.5. The van der Waals surface area contributed by atoms with Crippen LogP contribution in [0.5, 0.6) is 0 Å². The van der Waals surface area contributed by atoms with Gasteiger partial charge in [0, 0.05) is 5.88 Å². The lowest BCUT2D eigenvalue weighted by molar-refractivity contribution is 0.723. The molecule has 1 aliphatic carbocycles. The zero-order valence-electron chi connectivity index (χ0n) is 11.6. The molecule has 3 rings (SSSR count). The van der Waals surface area contributed by atoms with Crippen LogP contribution in [0.2, 0.25) is 0 Å². The van der Waals surface area contributed by atoms with Gasteiger partial charge in [-0.2, -0.15) is 0 Å². The Morgan fingerprint density at radius 2 is 1.55 bits per heavy atom. The summed E-state index contributed by atoms with van der Waals surface area (Å²) in [4.78, 5) is 0. The molecule has 20 heavy (non-hydrogen) atoms. The number of hydrogen-bond acceptors (Lipinski definition) is 0. The van der Waals surface area contributed by atoms with Crippen molar-refractivity contribution >= 4 is 17.2 Å². The van der Waals surface area contributed by atoms with E-state index in [-0.39, 0.29) is 0 Å². The Balaban J connectivity index is 1.89. The summed E-state index contributed by atoms with van der Waals surface area (Å²) in [7, 11) is 0. The van der Waals surface area contributed by atoms with Gasteiger partial charge in [0.1, 0.15) is 0 Å². The second-order valence-corrected chi connectivity index (χ2v) is 5.75. The van der Waals surface area contributed by atoms with Gasteiger partial charge in [-0.05, 0) is 47.4 Å². The first-order valence-electron chi connectivity index (χ1n) is 7.26. The maximum atomic E-state index is 5.88. The van der Waals surface area contributed by atoms with Crippen LogP contribution in [-0.4, -0.2) is 5.88 Å². The number of rotatable bonds is 4. The summed E-state index contributed by atoms with van der Waals surface area (Å²) >= 11 is 5.88. The molecule has 0 aliphatic heterocycles. The van der Waals surface area contributed by atoms with Gasteiger partial charge in [0.2, 0.25) is 0 Å². The van der Waals surface area contributed by atoms with Crippen LogP contribution in [0.25, 0.3) is 5.57 Å². The van der Waals surface area contributed by atoms with E-state index in [1.165, 1.54) is 22.3 Å². The van der Waals surface area contributed by atoms with Gasteiger partial charge in [-0.15, -0.1) is 11.6 Å². The van der Waals surface area contributed by atoms with E-state index in [9.17, 15) is 0 Å². The van der Waals surface area contributed by atoms with Crippen molar-refractivity contribution < 1.29 is 0 Å². The molecule has 0 unspecified atom stereocenters. The van der Waals surface area contributed by atoms with E-state index in [2.05, 4.69) is 60.7 Å². The van der Waals surface area contributed by atoms with Gasteiger partial charge < -0.3 is 0 Å². The van der Waals surface area contributed by atoms with E-state index in [0.717, 1.165) is 19.3 Å². The van der Waals surface area contributed by atoms with Crippen LogP contribution in [-0.2, 0) is 12.8 Å². The third kappa shape index (κ3) is 2.81. The molecular formula is C19H19Cl. The molecule has 0 saturated heterocycles. The summed E-state index contributed by atoms with van der Waals surface area (Å²) in [6.45, 7) is 0. The number of fused-ring (bicyclic) bond motifs is 1. The summed E-state index contributed by atoms with van der Waals surface area (Å²) in [5, 5.41) is 0. The molecule has 0 atom stereocenters. The molecule has 0 heterocycles. The molecule has 0 spiro atoms. The fourth-order valence-corrected chi connectivity index (χ4v) is 3.25. The normalized spacial score (nSPS) is 15.3. The van der Waals surface area contributed by atoms with E-state index in [4.69, 9.17) is 11.6 Å². The second kappa shape index (κ2) is 6.28. The summed E-state index contributed by atoms with van der Waals surface area (Å²) < 4.78 is 0. The molecule has 0 nitrogen and oxygen atoms in total. The number of hydrogen-bond donors (Lipinski definition) is 0. The molecular weight excluding hydrogens is 264 g/mol. The molecule has 0 radical (unpaired) electrons. The second-order valence-electron chi connectivity index (χ2n) is 5.38. The molecule has 1 aliphatic rings. The largest absolute Gasteiger partial charge is 0.126 e. The highest BCUT2D eigenvalue weighted by molar-refractivity contribution is 6.18. The first-order valence-corrected chi connectivity index (χ1v) is 7.80. The average Bonchev–Trinajstić information content (AvgIpc) is 2.92. The predicted octanol–water partition coefficient (Wildman–Crippen LogP) is 5.11. The number of alkyl halides is 1. The number of allylic oxidation sites excluding steroid dienone is 2. The minimum absolute atomic E-state index is 0.595. The fourth-order valence-electron chi connectivity index (χ4n) is 3.14. The predicted molar refractivity (Wildman–Crippen MR) is 87.1 cm³/mol. The van der Waals surface area contributed by atoms with Crippen LogP contribution in [0, 0.1) is 5.92 Å². The van der Waals surface area contributed by atoms with Crippen LogP contribution in [0.4, 0.5) is 0 Å². The zero-order valence-corrected chi connectivity index (χ0v) is 12.3. The standard InChI is InChI=1S/C19H19Cl/c20-12-6-11-19(15-7-2-1-3-8-15)18-13-16-9-4-5-10-17(16)14-18/h1-5,7-11,18H,6,12-14H2/b19-11-. The molecule has 2 aromatic rings. The number of halogens is 1. The van der Waals surface area contributed by atoms with E-state index in [1.807, 2.05) is 0 Å². The third-order valence-electron chi connectivity index (χ3n) is 4.07. The Labute approximate surface area is 126 Å². The lowest BCUT2D eigenvalue weighted by Gasteiger charge is -2.15. The molecule has 1 heteroatoms. The summed E-state index contributed by atoms with van der Waals surface area (Å²) in [5.41, 5.74) is 5.81. The first kappa shape index (κ1) is 13.5. The topological polar surface area (TPSA) is 0 Å². The van der Waals surface area contributed by atoms with Crippen LogP contribution in [0.3, 0.4) is 0 Å². The maximum absolute atomic E-state index is 5.88. The van der Waals surface area contributed by atoms with Crippen molar-refractivity contribution in [2.75, 3.05) is 5.88 Å². The summed E-state index contributed by atoms with van der Waals surface area (Å²) in [5.74, 6) is 1.29. The Morgan fingerprint density at radius 3 is 2.15 bits per heavy atom. The quantitative estimate of drug-likeness (QED) is 0.683. The lowest BCUT2D eigenvalue weighted by atomic mass is 9.89. The van der Waals surface area contributed by atoms with Crippen molar-refractivity contribution in [3.05, 3.63) is 77.4 Å². The highest BCUT2D eigenvalue weighted by atomic mass is 35.5. The van der Waals surface area contributed by atoms with Gasteiger partial charge >= 0.3 is 0 Å². The van der Waals surface area contributed by atoms with E-state index in [1.54, 1.807) is 0 Å². The Kier molecular flexibility index (Phi) is 4.22. The van der Waals surface area contributed by atoms with Crippen molar-refractivity contribution in [3.8, 4) is 0 Å². The third-order valence-corrected chi connectivity index (χ3v) is 4.29. The van der Waals surface area contributed by atoms with E-state index < -0.39 is 0 Å². The van der Waals surface area contributed by atoms with Crippen LogP contribution >= 0.6 is 11.6 Å². The van der Waals surface area contributed by atoms with E-state index in [0.29, 0.717) is 11.8 Å². The average molecular weight is 283 g/mol. The Morgan fingerprint density at radius 1 is 0.950 bits per heavy atom. The van der Waals surface area contributed by atoms with Gasteiger partial charge in [-0.3, -0.25) is 0 Å². The van der Waals surface area contributed by atoms with Crippen molar-refractivity contribution in [2.45, 2.75) is 19.3 Å². The molecule has 0 N–H and O–H groups in total. The van der Waals surface area contributed by atoms with Gasteiger partial charge in [-0.1, -0.05) is 60.7 Å². The summed E-state index contributed by atoms with van der Waals surface area (Å²) in [6.07, 6.45) is 5.58.